The van der Waals surface area contributed by atoms with Crippen LogP contribution in [0.3, 0.4) is 0 Å². The van der Waals surface area contributed by atoms with Crippen molar-refractivity contribution in [3.8, 4) is 0 Å². The van der Waals surface area contributed by atoms with Crippen LogP contribution in [0.1, 0.15) is 44.7 Å². The van der Waals surface area contributed by atoms with Crippen LogP contribution in [-0.2, 0) is 5.41 Å². The van der Waals surface area contributed by atoms with Gasteiger partial charge in [-0.15, -0.1) is 0 Å². The number of hydrogen-bond acceptors (Lipinski definition) is 1. The van der Waals surface area contributed by atoms with Crippen LogP contribution in [0.2, 0.25) is 19.6 Å². The van der Waals surface area contributed by atoms with E-state index in [1.54, 1.807) is 0 Å². The fourth-order valence-corrected chi connectivity index (χ4v) is 6.40. The van der Waals surface area contributed by atoms with Crippen molar-refractivity contribution in [1.29, 1.82) is 0 Å². The lowest BCUT2D eigenvalue weighted by Crippen LogP contribution is -2.45. The standard InChI is InChI=1S/C23H29NSi/c1-15-17-10-8-9-11-18(17)22-21(15)19-14-16(23(2,3)4)12-13-20(19)24(22)25(5,6)7/h8-14,21H,1-7H3. The predicted octanol–water partition coefficient (Wildman–Crippen LogP) is 4.72. The number of nitrogens with zero attached hydrogens (tertiary/aromatic N) is 1. The molecule has 4 rings (SSSR count). The number of rotatable bonds is 1. The molecule has 0 saturated carbocycles. The molecule has 0 bridgehead atoms. The molecule has 25 heavy (non-hydrogen) atoms. The summed E-state index contributed by atoms with van der Waals surface area (Å²) in [6.45, 7) is 16.6. The van der Waals surface area contributed by atoms with Crippen molar-refractivity contribution in [3.05, 3.63) is 64.0 Å². The molecule has 2 aromatic carbocycles. The molecule has 0 spiro atoms. The SMILES string of the molecule is CC1=c2ccccc2=C2C1c1cc(C(C)(C)C)ccc1N2[Si](C)(C)C. The zero-order valence-corrected chi connectivity index (χ0v) is 17.6. The van der Waals surface area contributed by atoms with E-state index in [-0.39, 0.29) is 5.41 Å². The second-order valence-corrected chi connectivity index (χ2v) is 14.4. The quantitative estimate of drug-likeness (QED) is 0.675. The highest BCUT2D eigenvalue weighted by Gasteiger charge is 2.43. The molecular formula is C23H29NSi. The minimum Gasteiger partial charge on any atom is -0.371 e. The summed E-state index contributed by atoms with van der Waals surface area (Å²) in [5.74, 6) is 0.432. The van der Waals surface area contributed by atoms with E-state index in [9.17, 15) is 0 Å². The molecule has 1 nitrogen and oxygen atoms in total. The van der Waals surface area contributed by atoms with Gasteiger partial charge in [-0.2, -0.15) is 0 Å². The Hall–Kier alpha value is -1.80. The third-order valence-corrected chi connectivity index (χ3v) is 7.51. The fourth-order valence-electron chi connectivity index (χ4n) is 4.50. The van der Waals surface area contributed by atoms with Gasteiger partial charge in [-0.25, -0.2) is 0 Å². The molecule has 2 heteroatoms. The molecule has 0 fully saturated rings. The lowest BCUT2D eigenvalue weighted by molar-refractivity contribution is 0.589. The van der Waals surface area contributed by atoms with Gasteiger partial charge < -0.3 is 4.57 Å². The smallest absolute Gasteiger partial charge is 0.153 e. The van der Waals surface area contributed by atoms with Crippen LogP contribution in [-0.4, -0.2) is 8.24 Å². The lowest BCUT2D eigenvalue weighted by Gasteiger charge is -2.34. The number of benzene rings is 2. The zero-order valence-electron chi connectivity index (χ0n) is 16.6. The van der Waals surface area contributed by atoms with Crippen molar-refractivity contribution in [1.82, 2.24) is 0 Å². The third kappa shape index (κ3) is 2.34. The first kappa shape index (κ1) is 16.7. The second-order valence-electron chi connectivity index (χ2n) is 9.58. The molecule has 2 aliphatic rings. The molecule has 1 aliphatic heterocycles. The molecule has 0 radical (unpaired) electrons. The van der Waals surface area contributed by atoms with Gasteiger partial charge in [0, 0.05) is 22.5 Å². The molecule has 0 amide bonds. The van der Waals surface area contributed by atoms with Crippen LogP contribution < -0.4 is 15.0 Å². The van der Waals surface area contributed by atoms with Crippen LogP contribution in [0, 0.1) is 0 Å². The largest absolute Gasteiger partial charge is 0.371 e. The maximum absolute atomic E-state index is 2.72. The number of anilines is 1. The Bertz CT molecular complexity index is 986. The van der Waals surface area contributed by atoms with E-state index in [1.807, 2.05) is 0 Å². The summed E-state index contributed by atoms with van der Waals surface area (Å²) in [7, 11) is -1.54. The molecule has 130 valence electrons. The summed E-state index contributed by atoms with van der Waals surface area (Å²) in [5, 5.41) is 2.89. The van der Waals surface area contributed by atoms with E-state index in [0.717, 1.165) is 0 Å². The van der Waals surface area contributed by atoms with Crippen molar-refractivity contribution in [3.63, 3.8) is 0 Å². The van der Waals surface area contributed by atoms with Gasteiger partial charge >= 0.3 is 0 Å². The Morgan fingerprint density at radius 3 is 2.16 bits per heavy atom. The minimum atomic E-state index is -1.54. The summed E-state index contributed by atoms with van der Waals surface area (Å²) in [6.07, 6.45) is 0. The van der Waals surface area contributed by atoms with E-state index in [1.165, 1.54) is 38.5 Å². The topological polar surface area (TPSA) is 3.24 Å². The normalized spacial score (nSPS) is 19.2. The highest BCUT2D eigenvalue weighted by molar-refractivity contribution is 6.81. The third-order valence-electron chi connectivity index (χ3n) is 5.69. The van der Waals surface area contributed by atoms with E-state index < -0.39 is 8.24 Å². The van der Waals surface area contributed by atoms with Crippen molar-refractivity contribution in [2.75, 3.05) is 4.57 Å². The molecule has 1 unspecified atom stereocenters. The van der Waals surface area contributed by atoms with E-state index in [0.29, 0.717) is 5.92 Å². The Balaban J connectivity index is 2.07. The van der Waals surface area contributed by atoms with Crippen LogP contribution >= 0.6 is 0 Å². The fraction of sp³-hybridized carbons (Fsp3) is 0.391. The van der Waals surface area contributed by atoms with Crippen molar-refractivity contribution < 1.29 is 0 Å². The molecule has 2 aromatic rings. The Kier molecular flexibility index (Phi) is 3.40. The predicted molar refractivity (Wildman–Crippen MR) is 112 cm³/mol. The first-order valence-electron chi connectivity index (χ1n) is 9.35. The average molecular weight is 348 g/mol. The maximum Gasteiger partial charge on any atom is 0.153 e. The lowest BCUT2D eigenvalue weighted by atomic mass is 9.83. The molecule has 1 aliphatic carbocycles. The highest BCUT2D eigenvalue weighted by atomic mass is 28.3. The van der Waals surface area contributed by atoms with Crippen LogP contribution in [0.5, 0.6) is 0 Å². The summed E-state index contributed by atoms with van der Waals surface area (Å²) in [5.41, 5.74) is 7.62. The van der Waals surface area contributed by atoms with Crippen LogP contribution in [0.4, 0.5) is 5.69 Å². The average Bonchev–Trinajstić information content (AvgIpc) is 3.00. The number of fused-ring (bicyclic) bond motifs is 4. The first-order chi connectivity index (χ1) is 11.6. The molecular weight excluding hydrogens is 318 g/mol. The van der Waals surface area contributed by atoms with E-state index in [2.05, 4.69) is 94.4 Å². The van der Waals surface area contributed by atoms with Gasteiger partial charge in [0.2, 0.25) is 0 Å². The van der Waals surface area contributed by atoms with Crippen LogP contribution in [0.25, 0.3) is 11.3 Å². The molecule has 1 heterocycles. The van der Waals surface area contributed by atoms with Gasteiger partial charge in [-0.05, 0) is 34.8 Å². The van der Waals surface area contributed by atoms with Crippen molar-refractivity contribution in [2.24, 2.45) is 0 Å². The van der Waals surface area contributed by atoms with E-state index in [4.69, 9.17) is 0 Å². The monoisotopic (exact) mass is 347 g/mol. The maximum atomic E-state index is 2.72. The summed E-state index contributed by atoms with van der Waals surface area (Å²) < 4.78 is 2.72. The minimum absolute atomic E-state index is 0.182. The summed E-state index contributed by atoms with van der Waals surface area (Å²) in [6, 6.07) is 16.2. The Labute approximate surface area is 152 Å². The van der Waals surface area contributed by atoms with Gasteiger partial charge in [0.25, 0.3) is 0 Å². The van der Waals surface area contributed by atoms with Gasteiger partial charge in [0.05, 0.1) is 0 Å². The van der Waals surface area contributed by atoms with Gasteiger partial charge in [-0.1, -0.05) is 82.4 Å². The molecule has 0 N–H and O–H groups in total. The molecule has 0 saturated heterocycles. The Morgan fingerprint density at radius 1 is 0.920 bits per heavy atom. The van der Waals surface area contributed by atoms with Gasteiger partial charge in [0.1, 0.15) is 0 Å². The summed E-state index contributed by atoms with van der Waals surface area (Å²) >= 11 is 0. The molecule has 0 aromatic heterocycles. The van der Waals surface area contributed by atoms with Crippen molar-refractivity contribution in [2.45, 2.75) is 58.7 Å². The second kappa shape index (κ2) is 5.11. The summed E-state index contributed by atoms with van der Waals surface area (Å²) in [4.78, 5) is 0. The zero-order chi connectivity index (χ0) is 18.1. The Morgan fingerprint density at radius 2 is 1.56 bits per heavy atom. The van der Waals surface area contributed by atoms with E-state index >= 15 is 0 Å². The number of hydrogen-bond donors (Lipinski definition) is 0. The highest BCUT2D eigenvalue weighted by Crippen LogP contribution is 2.51. The van der Waals surface area contributed by atoms with Gasteiger partial charge in [0.15, 0.2) is 8.24 Å². The van der Waals surface area contributed by atoms with Crippen LogP contribution in [0.15, 0.2) is 42.5 Å². The van der Waals surface area contributed by atoms with Crippen molar-refractivity contribution >= 4 is 25.2 Å². The van der Waals surface area contributed by atoms with Gasteiger partial charge in [-0.3, -0.25) is 0 Å². The first-order valence-corrected chi connectivity index (χ1v) is 12.8. The molecule has 1 atom stereocenters.